The van der Waals surface area contributed by atoms with Gasteiger partial charge >= 0.3 is 0 Å². The molecule has 0 saturated heterocycles. The van der Waals surface area contributed by atoms with E-state index in [1.54, 1.807) is 0 Å². The van der Waals surface area contributed by atoms with Gasteiger partial charge in [0.1, 0.15) is 6.10 Å². The maximum atomic E-state index is 9.83. The SMILES string of the molecule is NCCC(O)C(O)c1cc(Cl)c(N)cc1Cl. The fraction of sp³-hybridized carbons (Fsp3) is 0.400. The first-order valence-electron chi connectivity index (χ1n) is 4.78. The van der Waals surface area contributed by atoms with E-state index in [-0.39, 0.29) is 18.0 Å². The average molecular weight is 265 g/mol. The zero-order valence-electron chi connectivity index (χ0n) is 8.53. The van der Waals surface area contributed by atoms with Crippen molar-refractivity contribution in [2.75, 3.05) is 12.3 Å². The van der Waals surface area contributed by atoms with Crippen molar-refractivity contribution < 1.29 is 10.2 Å². The second kappa shape index (κ2) is 5.70. The Labute approximate surface area is 104 Å². The van der Waals surface area contributed by atoms with E-state index in [0.717, 1.165) is 0 Å². The summed E-state index contributed by atoms with van der Waals surface area (Å²) in [5, 5.41) is 20.0. The summed E-state index contributed by atoms with van der Waals surface area (Å²) in [7, 11) is 0. The van der Waals surface area contributed by atoms with Crippen LogP contribution >= 0.6 is 23.2 Å². The lowest BCUT2D eigenvalue weighted by molar-refractivity contribution is 0.0151. The molecule has 0 aliphatic heterocycles. The number of benzene rings is 1. The zero-order valence-corrected chi connectivity index (χ0v) is 10.0. The van der Waals surface area contributed by atoms with E-state index in [9.17, 15) is 10.2 Å². The molecule has 6 N–H and O–H groups in total. The molecular formula is C10H14Cl2N2O2. The molecule has 1 rings (SSSR count). The Balaban J connectivity index is 2.99. The Kier molecular flexibility index (Phi) is 4.83. The van der Waals surface area contributed by atoms with Crippen molar-refractivity contribution in [1.29, 1.82) is 0 Å². The van der Waals surface area contributed by atoms with Crippen molar-refractivity contribution in [1.82, 2.24) is 0 Å². The first-order valence-corrected chi connectivity index (χ1v) is 5.53. The lowest BCUT2D eigenvalue weighted by atomic mass is 10.0. The number of aliphatic hydroxyl groups is 2. The summed E-state index contributed by atoms with van der Waals surface area (Å²) in [5.41, 5.74) is 11.5. The molecule has 0 aliphatic rings. The van der Waals surface area contributed by atoms with E-state index in [0.29, 0.717) is 16.3 Å². The second-order valence-electron chi connectivity index (χ2n) is 3.48. The van der Waals surface area contributed by atoms with E-state index in [1.165, 1.54) is 12.1 Å². The molecule has 1 aromatic rings. The van der Waals surface area contributed by atoms with Gasteiger partial charge in [-0.25, -0.2) is 0 Å². The van der Waals surface area contributed by atoms with Gasteiger partial charge in [-0.05, 0) is 25.1 Å². The molecule has 0 spiro atoms. The molecule has 0 bridgehead atoms. The van der Waals surface area contributed by atoms with Crippen LogP contribution in [0.1, 0.15) is 18.1 Å². The second-order valence-corrected chi connectivity index (χ2v) is 4.30. The van der Waals surface area contributed by atoms with Gasteiger partial charge in [0, 0.05) is 10.6 Å². The number of nitrogens with two attached hydrogens (primary N) is 2. The predicted octanol–water partition coefficient (Wildman–Crippen LogP) is 1.32. The lowest BCUT2D eigenvalue weighted by Gasteiger charge is -2.19. The number of hydrogen-bond acceptors (Lipinski definition) is 4. The van der Waals surface area contributed by atoms with Gasteiger partial charge in [-0.3, -0.25) is 0 Å². The fourth-order valence-electron chi connectivity index (χ4n) is 1.34. The minimum Gasteiger partial charge on any atom is -0.397 e. The van der Waals surface area contributed by atoms with Crippen LogP contribution in [-0.4, -0.2) is 22.9 Å². The van der Waals surface area contributed by atoms with Gasteiger partial charge in [-0.1, -0.05) is 23.2 Å². The molecule has 0 saturated carbocycles. The van der Waals surface area contributed by atoms with Crippen molar-refractivity contribution in [3.8, 4) is 0 Å². The molecule has 16 heavy (non-hydrogen) atoms. The van der Waals surface area contributed by atoms with Crippen LogP contribution in [0.5, 0.6) is 0 Å². The van der Waals surface area contributed by atoms with E-state index in [1.807, 2.05) is 0 Å². The average Bonchev–Trinajstić information content (AvgIpc) is 2.23. The molecule has 4 nitrogen and oxygen atoms in total. The molecule has 0 aromatic heterocycles. The van der Waals surface area contributed by atoms with Crippen molar-refractivity contribution in [2.24, 2.45) is 5.73 Å². The van der Waals surface area contributed by atoms with E-state index >= 15 is 0 Å². The summed E-state index contributed by atoms with van der Waals surface area (Å²) in [6.45, 7) is 0.276. The van der Waals surface area contributed by atoms with Gasteiger partial charge in [-0.15, -0.1) is 0 Å². The molecule has 0 fully saturated rings. The van der Waals surface area contributed by atoms with Crippen molar-refractivity contribution in [3.63, 3.8) is 0 Å². The van der Waals surface area contributed by atoms with Crippen molar-refractivity contribution >= 4 is 28.9 Å². The normalized spacial score (nSPS) is 14.8. The van der Waals surface area contributed by atoms with E-state index in [4.69, 9.17) is 34.7 Å². The van der Waals surface area contributed by atoms with Gasteiger partial charge in [0.25, 0.3) is 0 Å². The van der Waals surface area contributed by atoms with Crippen molar-refractivity contribution in [3.05, 3.63) is 27.7 Å². The summed E-state index contributed by atoms with van der Waals surface area (Å²) in [4.78, 5) is 0. The molecule has 0 aliphatic carbocycles. The maximum absolute atomic E-state index is 9.83. The number of nitrogen functional groups attached to an aromatic ring is 1. The third kappa shape index (κ3) is 2.99. The van der Waals surface area contributed by atoms with Crippen LogP contribution in [0.25, 0.3) is 0 Å². The summed E-state index contributed by atoms with van der Waals surface area (Å²) < 4.78 is 0. The predicted molar refractivity (Wildman–Crippen MR) is 65.5 cm³/mol. The third-order valence-electron chi connectivity index (χ3n) is 2.26. The number of rotatable bonds is 4. The van der Waals surface area contributed by atoms with Crippen LogP contribution in [0.15, 0.2) is 12.1 Å². The molecule has 2 unspecified atom stereocenters. The molecule has 90 valence electrons. The van der Waals surface area contributed by atoms with Crippen LogP contribution in [0.4, 0.5) is 5.69 Å². The van der Waals surface area contributed by atoms with Gasteiger partial charge in [0.05, 0.1) is 16.8 Å². The van der Waals surface area contributed by atoms with Crippen LogP contribution in [0.2, 0.25) is 10.0 Å². The molecule has 0 heterocycles. The Morgan fingerprint density at radius 2 is 1.81 bits per heavy atom. The van der Waals surface area contributed by atoms with Crippen LogP contribution in [0, 0.1) is 0 Å². The Morgan fingerprint density at radius 3 is 2.38 bits per heavy atom. The largest absolute Gasteiger partial charge is 0.397 e. The van der Waals surface area contributed by atoms with Gasteiger partial charge in [-0.2, -0.15) is 0 Å². The fourth-order valence-corrected chi connectivity index (χ4v) is 1.80. The molecule has 0 amide bonds. The van der Waals surface area contributed by atoms with Crippen LogP contribution in [-0.2, 0) is 0 Å². The Morgan fingerprint density at radius 1 is 1.19 bits per heavy atom. The topological polar surface area (TPSA) is 92.5 Å². The van der Waals surface area contributed by atoms with Crippen molar-refractivity contribution in [2.45, 2.75) is 18.6 Å². The van der Waals surface area contributed by atoms with Gasteiger partial charge in [0.15, 0.2) is 0 Å². The van der Waals surface area contributed by atoms with Crippen LogP contribution in [0.3, 0.4) is 0 Å². The number of anilines is 1. The minimum atomic E-state index is -1.12. The lowest BCUT2D eigenvalue weighted by Crippen LogP contribution is -2.22. The number of hydrogen-bond donors (Lipinski definition) is 4. The zero-order chi connectivity index (χ0) is 12.3. The highest BCUT2D eigenvalue weighted by atomic mass is 35.5. The summed E-state index contributed by atoms with van der Waals surface area (Å²) >= 11 is 11.7. The van der Waals surface area contributed by atoms with E-state index < -0.39 is 12.2 Å². The molecule has 2 atom stereocenters. The quantitative estimate of drug-likeness (QED) is 0.618. The monoisotopic (exact) mass is 264 g/mol. The van der Waals surface area contributed by atoms with Gasteiger partial charge in [0.2, 0.25) is 0 Å². The summed E-state index contributed by atoms with van der Waals surface area (Å²) in [6, 6.07) is 2.89. The molecular weight excluding hydrogens is 251 g/mol. The highest BCUT2D eigenvalue weighted by Gasteiger charge is 2.21. The maximum Gasteiger partial charge on any atom is 0.106 e. The van der Waals surface area contributed by atoms with Crippen LogP contribution < -0.4 is 11.5 Å². The Hall–Kier alpha value is -0.520. The molecule has 1 aromatic carbocycles. The minimum absolute atomic E-state index is 0.269. The first kappa shape index (κ1) is 13.5. The molecule has 0 radical (unpaired) electrons. The Bertz CT molecular complexity index is 374. The summed E-state index contributed by atoms with van der Waals surface area (Å²) in [6.07, 6.45) is -1.81. The van der Waals surface area contributed by atoms with E-state index in [2.05, 4.69) is 0 Å². The smallest absolute Gasteiger partial charge is 0.106 e. The third-order valence-corrected chi connectivity index (χ3v) is 2.92. The number of aliphatic hydroxyl groups excluding tert-OH is 2. The first-order chi connectivity index (χ1) is 7.47. The molecule has 6 heteroatoms. The van der Waals surface area contributed by atoms with Gasteiger partial charge < -0.3 is 21.7 Å². The highest BCUT2D eigenvalue weighted by Crippen LogP contribution is 2.32. The summed E-state index contributed by atoms with van der Waals surface area (Å²) in [5.74, 6) is 0. The number of halogens is 2. The highest BCUT2D eigenvalue weighted by molar-refractivity contribution is 6.35. The standard InChI is InChI=1S/C10H14Cl2N2O2/c11-6-4-8(14)7(12)3-5(6)10(16)9(15)1-2-13/h3-4,9-10,15-16H,1-2,13-14H2.